The average Bonchev–Trinajstić information content (AvgIpc) is 2.48. The van der Waals surface area contributed by atoms with Gasteiger partial charge in [-0.25, -0.2) is 9.59 Å². The molecule has 1 aromatic heterocycles. The molecule has 1 aromatic rings. The lowest BCUT2D eigenvalue weighted by atomic mass is 10.3. The summed E-state index contributed by atoms with van der Waals surface area (Å²) in [5.41, 5.74) is 0.392. The lowest BCUT2D eigenvalue weighted by molar-refractivity contribution is 0.0696. The Hall–Kier alpha value is -2.19. The number of pyridine rings is 1. The Morgan fingerprint density at radius 2 is 2.10 bits per heavy atom. The van der Waals surface area contributed by atoms with Crippen molar-refractivity contribution in [2.75, 3.05) is 44.6 Å². The number of piperazine rings is 1. The van der Waals surface area contributed by atoms with Crippen molar-refractivity contribution in [2.45, 2.75) is 0 Å². The van der Waals surface area contributed by atoms with Crippen LogP contribution in [0, 0.1) is 0 Å². The van der Waals surface area contributed by atoms with Gasteiger partial charge in [-0.1, -0.05) is 0 Å². The summed E-state index contributed by atoms with van der Waals surface area (Å²) in [5, 5.41) is 17.4. The van der Waals surface area contributed by atoms with Crippen molar-refractivity contribution >= 4 is 17.7 Å². The van der Waals surface area contributed by atoms with Gasteiger partial charge in [0.15, 0.2) is 0 Å². The first-order valence-electron chi connectivity index (χ1n) is 6.81. The van der Waals surface area contributed by atoms with E-state index in [1.54, 1.807) is 0 Å². The number of aromatic nitrogens is 1. The van der Waals surface area contributed by atoms with Crippen molar-refractivity contribution in [3.05, 3.63) is 24.0 Å². The summed E-state index contributed by atoms with van der Waals surface area (Å²) in [6.07, 6.45) is 2.64. The van der Waals surface area contributed by atoms with Gasteiger partial charge in [-0.2, -0.15) is 0 Å². The number of carboxylic acids is 1. The van der Waals surface area contributed by atoms with Crippen LogP contribution in [0.15, 0.2) is 18.5 Å². The molecule has 8 heteroatoms. The molecule has 0 unspecified atom stereocenters. The fraction of sp³-hybridized carbons (Fsp3) is 0.462. The maximum absolute atomic E-state index is 11.7. The summed E-state index contributed by atoms with van der Waals surface area (Å²) in [6, 6.07) is 1.00. The molecule has 4 N–H and O–H groups in total. The lowest BCUT2D eigenvalue weighted by Gasteiger charge is -2.27. The van der Waals surface area contributed by atoms with Gasteiger partial charge >= 0.3 is 12.0 Å². The number of amides is 2. The topological polar surface area (TPSA) is 107 Å². The summed E-state index contributed by atoms with van der Waals surface area (Å²) in [4.78, 5) is 28.6. The number of nitrogens with zero attached hydrogens (tertiary/aromatic N) is 2. The van der Waals surface area contributed by atoms with E-state index in [2.05, 4.69) is 25.8 Å². The minimum Gasteiger partial charge on any atom is -0.478 e. The monoisotopic (exact) mass is 293 g/mol. The molecule has 1 aliphatic heterocycles. The van der Waals surface area contributed by atoms with Gasteiger partial charge in [0.2, 0.25) is 0 Å². The molecular formula is C13H19N5O3. The first kappa shape index (κ1) is 15.2. The van der Waals surface area contributed by atoms with E-state index in [0.717, 1.165) is 32.7 Å². The van der Waals surface area contributed by atoms with E-state index in [9.17, 15) is 9.59 Å². The quantitative estimate of drug-likeness (QED) is 0.599. The third-order valence-electron chi connectivity index (χ3n) is 3.17. The second-order valence-corrected chi connectivity index (χ2v) is 4.74. The Morgan fingerprint density at radius 3 is 2.81 bits per heavy atom. The van der Waals surface area contributed by atoms with E-state index in [1.807, 2.05) is 0 Å². The highest BCUT2D eigenvalue weighted by Crippen LogP contribution is 2.07. The van der Waals surface area contributed by atoms with Crippen LogP contribution in [0.4, 0.5) is 10.5 Å². The van der Waals surface area contributed by atoms with Crippen LogP contribution < -0.4 is 16.0 Å². The summed E-state index contributed by atoms with van der Waals surface area (Å²) in [7, 11) is 0. The molecule has 0 bridgehead atoms. The predicted molar refractivity (Wildman–Crippen MR) is 77.5 cm³/mol. The number of aromatic carboxylic acids is 1. The number of carbonyl (C=O) groups excluding carboxylic acids is 1. The van der Waals surface area contributed by atoms with E-state index in [-0.39, 0.29) is 11.6 Å². The van der Waals surface area contributed by atoms with Gasteiger partial charge in [0.25, 0.3) is 0 Å². The highest BCUT2D eigenvalue weighted by molar-refractivity contribution is 5.92. The number of rotatable bonds is 5. The number of anilines is 1. The van der Waals surface area contributed by atoms with Gasteiger partial charge in [0, 0.05) is 45.5 Å². The minimum atomic E-state index is -1.08. The van der Waals surface area contributed by atoms with Crippen LogP contribution in [0.1, 0.15) is 10.4 Å². The smallest absolute Gasteiger partial charge is 0.337 e. The van der Waals surface area contributed by atoms with E-state index in [4.69, 9.17) is 5.11 Å². The zero-order valence-corrected chi connectivity index (χ0v) is 11.6. The van der Waals surface area contributed by atoms with Crippen LogP contribution in [0.5, 0.6) is 0 Å². The van der Waals surface area contributed by atoms with Crippen molar-refractivity contribution in [3.63, 3.8) is 0 Å². The second kappa shape index (κ2) is 7.55. The van der Waals surface area contributed by atoms with Gasteiger partial charge in [0.1, 0.15) is 0 Å². The average molecular weight is 293 g/mol. The minimum absolute atomic E-state index is 0.0358. The van der Waals surface area contributed by atoms with Crippen molar-refractivity contribution in [2.24, 2.45) is 0 Å². The van der Waals surface area contributed by atoms with Crippen LogP contribution in [0.3, 0.4) is 0 Å². The zero-order chi connectivity index (χ0) is 15.1. The Kier molecular flexibility index (Phi) is 5.47. The number of carboxylic acid groups (broad SMARTS) is 1. The Labute approximate surface area is 122 Å². The third-order valence-corrected chi connectivity index (χ3v) is 3.17. The van der Waals surface area contributed by atoms with Crippen molar-refractivity contribution in [3.8, 4) is 0 Å². The number of hydrogen-bond donors (Lipinski definition) is 4. The first-order valence-corrected chi connectivity index (χ1v) is 6.81. The Balaban J connectivity index is 1.73. The molecule has 0 aromatic carbocycles. The summed E-state index contributed by atoms with van der Waals surface area (Å²) in [6.45, 7) is 5.24. The van der Waals surface area contributed by atoms with E-state index >= 15 is 0 Å². The molecule has 2 rings (SSSR count). The molecule has 0 radical (unpaired) electrons. The maximum Gasteiger partial charge on any atom is 0.337 e. The van der Waals surface area contributed by atoms with Crippen molar-refractivity contribution < 1.29 is 14.7 Å². The number of urea groups is 1. The van der Waals surface area contributed by atoms with Gasteiger partial charge in [0.05, 0.1) is 17.4 Å². The van der Waals surface area contributed by atoms with Gasteiger partial charge in [-0.15, -0.1) is 0 Å². The van der Waals surface area contributed by atoms with Gasteiger partial charge in [-0.05, 0) is 6.07 Å². The molecule has 2 amide bonds. The SMILES string of the molecule is O=C(NCCN1CCNCC1)Nc1cncc(C(=O)O)c1. The zero-order valence-electron chi connectivity index (χ0n) is 11.6. The van der Waals surface area contributed by atoms with Crippen LogP contribution >= 0.6 is 0 Å². The molecule has 1 aliphatic rings. The molecule has 0 atom stereocenters. The summed E-state index contributed by atoms with van der Waals surface area (Å²) >= 11 is 0. The molecule has 1 fully saturated rings. The van der Waals surface area contributed by atoms with Crippen LogP contribution in [0.25, 0.3) is 0 Å². The molecule has 0 spiro atoms. The molecule has 0 aliphatic carbocycles. The van der Waals surface area contributed by atoms with E-state index < -0.39 is 5.97 Å². The standard InChI is InChI=1S/C13H19N5O3/c19-12(20)10-7-11(9-15-8-10)17-13(21)16-3-6-18-4-1-14-2-5-18/h7-9,14H,1-6H2,(H,19,20)(H2,16,17,21). The van der Waals surface area contributed by atoms with Crippen molar-refractivity contribution in [1.82, 2.24) is 20.5 Å². The number of hydrogen-bond acceptors (Lipinski definition) is 5. The van der Waals surface area contributed by atoms with E-state index in [1.165, 1.54) is 18.5 Å². The van der Waals surface area contributed by atoms with Crippen LogP contribution in [0.2, 0.25) is 0 Å². The molecule has 114 valence electrons. The molecule has 1 saturated heterocycles. The molecule has 21 heavy (non-hydrogen) atoms. The fourth-order valence-corrected chi connectivity index (χ4v) is 2.06. The highest BCUT2D eigenvalue weighted by atomic mass is 16.4. The maximum atomic E-state index is 11.7. The van der Waals surface area contributed by atoms with Crippen LogP contribution in [-0.2, 0) is 0 Å². The predicted octanol–water partition coefficient (Wildman–Crippen LogP) is -0.193. The second-order valence-electron chi connectivity index (χ2n) is 4.74. The summed E-state index contributed by atoms with van der Waals surface area (Å²) in [5.74, 6) is -1.08. The Bertz CT molecular complexity index is 502. The highest BCUT2D eigenvalue weighted by Gasteiger charge is 2.10. The largest absolute Gasteiger partial charge is 0.478 e. The molecule has 0 saturated carbocycles. The number of nitrogens with one attached hydrogen (secondary N) is 3. The van der Waals surface area contributed by atoms with E-state index in [0.29, 0.717) is 12.2 Å². The van der Waals surface area contributed by atoms with Gasteiger partial charge < -0.3 is 21.1 Å². The van der Waals surface area contributed by atoms with Crippen LogP contribution in [-0.4, -0.2) is 66.3 Å². The normalized spacial score (nSPS) is 15.4. The lowest BCUT2D eigenvalue weighted by Crippen LogP contribution is -2.46. The van der Waals surface area contributed by atoms with Crippen molar-refractivity contribution in [1.29, 1.82) is 0 Å². The van der Waals surface area contributed by atoms with Gasteiger partial charge in [-0.3, -0.25) is 9.88 Å². The first-order chi connectivity index (χ1) is 10.1. The molecule has 8 nitrogen and oxygen atoms in total. The molecular weight excluding hydrogens is 274 g/mol. The Morgan fingerprint density at radius 1 is 1.33 bits per heavy atom. The number of carbonyl (C=O) groups is 2. The third kappa shape index (κ3) is 5.01. The summed E-state index contributed by atoms with van der Waals surface area (Å²) < 4.78 is 0. The fourth-order valence-electron chi connectivity index (χ4n) is 2.06. The molecule has 2 heterocycles.